The summed E-state index contributed by atoms with van der Waals surface area (Å²) >= 11 is 0. The van der Waals surface area contributed by atoms with Gasteiger partial charge in [-0.05, 0) is 0 Å². The van der Waals surface area contributed by atoms with Crippen molar-refractivity contribution in [1.82, 2.24) is 42.5 Å². The first-order valence-corrected chi connectivity index (χ1v) is 14.9. The molecule has 0 radical (unpaired) electrons. The van der Waals surface area contributed by atoms with Crippen LogP contribution in [0.3, 0.4) is 0 Å². The SMILES string of the molecule is NC(=O)N/C=C1\NC(=O)[C@H](CO)NC(=O)[C@H](CO)NC(=O)[C@@H](NC(=O)C[C@@H]([NH3+])CCC[NH3+])CNC(=O)[C@H](C2C[C@H](O)[NH+]=C(N)N2)NC1=O. The summed E-state index contributed by atoms with van der Waals surface area (Å²) in [5, 5.41) is 48.3. The Morgan fingerprint density at radius 2 is 1.65 bits per heavy atom. The lowest BCUT2D eigenvalue weighted by Gasteiger charge is -2.30. The molecule has 2 aliphatic heterocycles. The zero-order valence-electron chi connectivity index (χ0n) is 26.0. The van der Waals surface area contributed by atoms with E-state index in [1.165, 1.54) is 0 Å². The third kappa shape index (κ3) is 12.3. The summed E-state index contributed by atoms with van der Waals surface area (Å²) < 4.78 is 0. The average Bonchev–Trinajstić information content (AvgIpc) is 3.02. The molecule has 22 N–H and O–H groups in total. The molecule has 23 nitrogen and oxygen atoms in total. The normalized spacial score (nSPS) is 27.6. The second kappa shape index (κ2) is 18.9. The quantitative estimate of drug-likeness (QED) is 0.0951. The zero-order chi connectivity index (χ0) is 36.0. The van der Waals surface area contributed by atoms with Gasteiger partial charge in [0.1, 0.15) is 35.9 Å². The van der Waals surface area contributed by atoms with Crippen LogP contribution in [0.2, 0.25) is 0 Å². The first-order valence-electron chi connectivity index (χ1n) is 14.9. The largest absolute Gasteiger partial charge is 0.394 e. The van der Waals surface area contributed by atoms with Crippen LogP contribution in [0.25, 0.3) is 0 Å². The van der Waals surface area contributed by atoms with Gasteiger partial charge in [0.25, 0.3) is 5.91 Å². The molecular weight excluding hydrogens is 642 g/mol. The van der Waals surface area contributed by atoms with E-state index in [4.69, 9.17) is 11.5 Å². The van der Waals surface area contributed by atoms with Crippen LogP contribution in [-0.2, 0) is 28.8 Å². The molecule has 1 saturated heterocycles. The maximum absolute atomic E-state index is 13.6. The number of aliphatic hydroxyl groups is 3. The number of hydrogen-bond acceptors (Lipinski definition) is 12. The third-order valence-corrected chi connectivity index (χ3v) is 7.07. The first-order chi connectivity index (χ1) is 22.7. The summed E-state index contributed by atoms with van der Waals surface area (Å²) in [7, 11) is 0. The van der Waals surface area contributed by atoms with Crippen LogP contribution in [0.4, 0.5) is 4.79 Å². The fourth-order valence-corrected chi connectivity index (χ4v) is 4.59. The van der Waals surface area contributed by atoms with E-state index >= 15 is 0 Å². The van der Waals surface area contributed by atoms with Gasteiger partial charge in [-0.15, -0.1) is 0 Å². The molecule has 23 heteroatoms. The summed E-state index contributed by atoms with van der Waals surface area (Å²) in [5.41, 5.74) is 17.8. The van der Waals surface area contributed by atoms with Crippen molar-refractivity contribution in [3.63, 3.8) is 0 Å². The Bertz CT molecular complexity index is 1280. The number of amides is 8. The van der Waals surface area contributed by atoms with Crippen molar-refractivity contribution in [1.29, 1.82) is 0 Å². The van der Waals surface area contributed by atoms with E-state index in [0.717, 1.165) is 0 Å². The number of carbonyl (C=O) groups is 7. The first kappa shape index (κ1) is 39.1. The number of hydrogen-bond donors (Lipinski definition) is 16. The molecule has 0 aromatic heterocycles. The van der Waals surface area contributed by atoms with Crippen molar-refractivity contribution in [2.75, 3.05) is 26.3 Å². The highest BCUT2D eigenvalue weighted by molar-refractivity contribution is 6.02. The maximum Gasteiger partial charge on any atom is 0.343 e. The van der Waals surface area contributed by atoms with Gasteiger partial charge in [0.2, 0.25) is 29.5 Å². The fraction of sp³-hybridized carbons (Fsp3) is 0.600. The van der Waals surface area contributed by atoms with Gasteiger partial charge in [-0.25, -0.2) is 4.79 Å². The van der Waals surface area contributed by atoms with E-state index in [9.17, 15) is 48.9 Å². The predicted molar refractivity (Wildman–Crippen MR) is 160 cm³/mol. The average molecular weight is 689 g/mol. The molecule has 0 aromatic carbocycles. The Hall–Kier alpha value is -5.10. The van der Waals surface area contributed by atoms with Crippen LogP contribution in [0.5, 0.6) is 0 Å². The van der Waals surface area contributed by atoms with E-state index in [0.29, 0.717) is 25.6 Å². The predicted octanol–water partition coefficient (Wildman–Crippen LogP) is -12.2. The second-order valence-corrected chi connectivity index (χ2v) is 11.0. The third-order valence-electron chi connectivity index (χ3n) is 7.07. The minimum absolute atomic E-state index is 0.103. The second-order valence-electron chi connectivity index (χ2n) is 11.0. The topological polar surface area (TPSA) is 398 Å². The number of quaternary nitrogens is 2. The van der Waals surface area contributed by atoms with Crippen LogP contribution >= 0.6 is 0 Å². The molecule has 2 heterocycles. The van der Waals surface area contributed by atoms with Crippen molar-refractivity contribution in [2.45, 2.75) is 68.2 Å². The molecule has 0 bridgehead atoms. The number of carbonyl (C=O) groups excluding carboxylic acids is 7. The van der Waals surface area contributed by atoms with Crippen molar-refractivity contribution >= 4 is 47.4 Å². The Labute approximate surface area is 273 Å². The molecule has 7 atom stereocenters. The van der Waals surface area contributed by atoms with Crippen molar-refractivity contribution in [3.8, 4) is 0 Å². The van der Waals surface area contributed by atoms with Gasteiger partial charge in [-0.1, -0.05) is 0 Å². The number of urea groups is 1. The molecule has 8 amide bonds. The van der Waals surface area contributed by atoms with E-state index in [1.807, 2.05) is 5.32 Å². The summed E-state index contributed by atoms with van der Waals surface area (Å²) in [6.07, 6.45) is 0.372. The zero-order valence-corrected chi connectivity index (χ0v) is 26.0. The summed E-state index contributed by atoms with van der Waals surface area (Å²) in [6, 6.07) is -9.19. The van der Waals surface area contributed by atoms with Gasteiger partial charge in [0, 0.05) is 32.0 Å². The van der Waals surface area contributed by atoms with Gasteiger partial charge in [0.05, 0.1) is 32.2 Å². The molecule has 1 unspecified atom stereocenters. The smallest absolute Gasteiger partial charge is 0.343 e. The Morgan fingerprint density at radius 1 is 1.00 bits per heavy atom. The lowest BCUT2D eigenvalue weighted by Crippen LogP contribution is -2.89. The van der Waals surface area contributed by atoms with Gasteiger partial charge in [-0.3, -0.25) is 44.8 Å². The molecule has 268 valence electrons. The summed E-state index contributed by atoms with van der Waals surface area (Å²) in [6.45, 7) is -2.00. The summed E-state index contributed by atoms with van der Waals surface area (Å²) in [4.78, 5) is 92.9. The minimum atomic E-state index is -1.77. The Morgan fingerprint density at radius 3 is 2.25 bits per heavy atom. The summed E-state index contributed by atoms with van der Waals surface area (Å²) in [5.74, 6) is -6.31. The van der Waals surface area contributed by atoms with Crippen molar-refractivity contribution < 1.29 is 65.3 Å². The lowest BCUT2D eigenvalue weighted by atomic mass is 10.0. The number of rotatable bonds is 10. The highest BCUT2D eigenvalue weighted by Crippen LogP contribution is 2.06. The van der Waals surface area contributed by atoms with Crippen LogP contribution in [0.15, 0.2) is 11.9 Å². The highest BCUT2D eigenvalue weighted by Gasteiger charge is 2.39. The number of primary amides is 1. The number of guanidine groups is 1. The standard InChI is InChI=1S/C25H43N13O10/c26-3-1-2-10(27)4-16(41)32-12-6-30-23(47)18(11-5-17(42)37-24(28)36-11)38-20(44)13(7-31-25(29)48)33-21(45)14(8-39)35-22(46)15(9-40)34-19(12)43/h7,10-12,14-15,17-18,39-40,42H,1-6,8-9,26-27H2,(H,30,47)(H,32,41)(H,33,45)(H,34,43)(H,35,46)(H,38,44)(H3,28,36,37)(H3,29,31,48)/p+3/b13-7-/t10-,11?,12-,14-,15-,17-,18-/m0/s1. The maximum atomic E-state index is 13.6. The van der Waals surface area contributed by atoms with Crippen LogP contribution in [0.1, 0.15) is 25.7 Å². The Balaban J connectivity index is 2.54. The van der Waals surface area contributed by atoms with E-state index in [-0.39, 0.29) is 24.8 Å². The molecule has 48 heavy (non-hydrogen) atoms. The van der Waals surface area contributed by atoms with E-state index < -0.39 is 103 Å². The highest BCUT2D eigenvalue weighted by atomic mass is 16.3. The molecule has 2 aliphatic rings. The monoisotopic (exact) mass is 688 g/mol. The molecular formula is C25H46N13O10+3. The van der Waals surface area contributed by atoms with Crippen LogP contribution < -0.4 is 70.5 Å². The number of nitrogens with one attached hydrogen (secondary N) is 9. The molecule has 0 aromatic rings. The molecule has 0 saturated carbocycles. The minimum Gasteiger partial charge on any atom is -0.394 e. The molecule has 0 aliphatic carbocycles. The van der Waals surface area contributed by atoms with Gasteiger partial charge in [-0.2, -0.15) is 0 Å². The number of nitrogens with two attached hydrogens (primary N) is 2. The van der Waals surface area contributed by atoms with Gasteiger partial charge in [0.15, 0.2) is 6.23 Å². The van der Waals surface area contributed by atoms with E-state index in [2.05, 4.69) is 53.7 Å². The van der Waals surface area contributed by atoms with Crippen molar-refractivity contribution in [3.05, 3.63) is 11.9 Å². The number of aliphatic hydroxyl groups excluding tert-OH is 3. The van der Waals surface area contributed by atoms with Gasteiger partial charge < -0.3 is 69.7 Å². The molecule has 2 rings (SSSR count). The molecule has 0 spiro atoms. The fourth-order valence-electron chi connectivity index (χ4n) is 4.59. The molecule has 1 fully saturated rings. The van der Waals surface area contributed by atoms with E-state index in [1.54, 1.807) is 0 Å². The lowest BCUT2D eigenvalue weighted by molar-refractivity contribution is -0.565. The van der Waals surface area contributed by atoms with Crippen LogP contribution in [0, 0.1) is 0 Å². The van der Waals surface area contributed by atoms with Crippen LogP contribution in [-0.4, -0.2) is 132 Å². The Kier molecular flexibility index (Phi) is 15.4. The van der Waals surface area contributed by atoms with Gasteiger partial charge >= 0.3 is 12.0 Å². The van der Waals surface area contributed by atoms with Crippen molar-refractivity contribution in [2.24, 2.45) is 11.5 Å².